The van der Waals surface area contributed by atoms with Gasteiger partial charge < -0.3 is 23.7 Å². The highest BCUT2D eigenvalue weighted by atomic mass is 16.5. The maximum Gasteiger partial charge on any atom is 0.129 e. The minimum Gasteiger partial charge on any atom is -0.497 e. The monoisotopic (exact) mass is 375 g/mol. The lowest BCUT2D eigenvalue weighted by Crippen LogP contribution is -2.39. The summed E-state index contributed by atoms with van der Waals surface area (Å²) in [6.45, 7) is 3.56. The predicted molar refractivity (Wildman–Crippen MR) is 102 cm³/mol. The van der Waals surface area contributed by atoms with Gasteiger partial charge in [0, 0.05) is 26.2 Å². The van der Waals surface area contributed by atoms with E-state index in [2.05, 4.69) is 17.0 Å². The summed E-state index contributed by atoms with van der Waals surface area (Å²) < 4.78 is 21.8. The van der Waals surface area contributed by atoms with E-state index in [-0.39, 0.29) is 12.7 Å². The molecule has 1 N–H and O–H groups in total. The Kier molecular flexibility index (Phi) is 7.71. The SMILES string of the molecule is COc1ccc(CN(CC(O)COCc2ccco2)CC2CCCO2)cc1. The first kappa shape index (κ1) is 19.9. The van der Waals surface area contributed by atoms with Gasteiger partial charge in [0.05, 0.1) is 32.2 Å². The van der Waals surface area contributed by atoms with Gasteiger partial charge in [-0.25, -0.2) is 0 Å². The summed E-state index contributed by atoms with van der Waals surface area (Å²) in [7, 11) is 1.66. The molecule has 1 fully saturated rings. The molecule has 2 unspecified atom stereocenters. The van der Waals surface area contributed by atoms with E-state index < -0.39 is 6.10 Å². The molecule has 3 rings (SSSR count). The van der Waals surface area contributed by atoms with Gasteiger partial charge in [-0.05, 0) is 42.7 Å². The van der Waals surface area contributed by atoms with Crippen LogP contribution >= 0.6 is 0 Å². The second-order valence-electron chi connectivity index (χ2n) is 6.93. The molecule has 27 heavy (non-hydrogen) atoms. The molecule has 6 heteroatoms. The van der Waals surface area contributed by atoms with Crippen LogP contribution in [0.5, 0.6) is 5.75 Å². The van der Waals surface area contributed by atoms with Crippen LogP contribution in [0.25, 0.3) is 0 Å². The van der Waals surface area contributed by atoms with Gasteiger partial charge in [-0.1, -0.05) is 12.1 Å². The third-order valence-electron chi connectivity index (χ3n) is 4.65. The van der Waals surface area contributed by atoms with Crippen molar-refractivity contribution in [3.05, 3.63) is 54.0 Å². The molecule has 0 aliphatic carbocycles. The van der Waals surface area contributed by atoms with Gasteiger partial charge in [-0.3, -0.25) is 4.90 Å². The Morgan fingerprint density at radius 1 is 1.26 bits per heavy atom. The van der Waals surface area contributed by atoms with E-state index in [0.29, 0.717) is 13.2 Å². The minimum absolute atomic E-state index is 0.236. The molecule has 1 aliphatic rings. The van der Waals surface area contributed by atoms with Gasteiger partial charge in [0.15, 0.2) is 0 Å². The predicted octanol–water partition coefficient (Wildman–Crippen LogP) is 2.85. The lowest BCUT2D eigenvalue weighted by molar-refractivity contribution is -0.00636. The molecule has 1 saturated heterocycles. The molecule has 1 aromatic heterocycles. The minimum atomic E-state index is -0.570. The number of furan rings is 1. The molecular formula is C21H29NO5. The molecule has 0 spiro atoms. The number of rotatable bonds is 11. The van der Waals surface area contributed by atoms with E-state index in [9.17, 15) is 5.11 Å². The van der Waals surface area contributed by atoms with Crippen LogP contribution < -0.4 is 4.74 Å². The maximum atomic E-state index is 10.4. The molecule has 0 saturated carbocycles. The second kappa shape index (κ2) is 10.5. The number of ether oxygens (including phenoxy) is 3. The zero-order valence-electron chi connectivity index (χ0n) is 15.9. The van der Waals surface area contributed by atoms with Crippen molar-refractivity contribution >= 4 is 0 Å². The van der Waals surface area contributed by atoms with Crippen LogP contribution in [0.4, 0.5) is 0 Å². The molecule has 2 atom stereocenters. The lowest BCUT2D eigenvalue weighted by atomic mass is 10.1. The molecule has 2 heterocycles. The summed E-state index contributed by atoms with van der Waals surface area (Å²) in [6.07, 6.45) is 3.46. The van der Waals surface area contributed by atoms with E-state index >= 15 is 0 Å². The van der Waals surface area contributed by atoms with E-state index in [1.807, 2.05) is 24.3 Å². The lowest BCUT2D eigenvalue weighted by Gasteiger charge is -2.27. The Labute approximate surface area is 160 Å². The molecule has 0 bridgehead atoms. The van der Waals surface area contributed by atoms with E-state index in [0.717, 1.165) is 44.0 Å². The molecule has 2 aromatic rings. The van der Waals surface area contributed by atoms with Crippen molar-refractivity contribution in [2.24, 2.45) is 0 Å². The number of aliphatic hydroxyl groups is 1. The van der Waals surface area contributed by atoms with Gasteiger partial charge in [0.2, 0.25) is 0 Å². The zero-order chi connectivity index (χ0) is 18.9. The van der Waals surface area contributed by atoms with E-state index in [1.165, 1.54) is 5.56 Å². The molecule has 1 aliphatic heterocycles. The zero-order valence-corrected chi connectivity index (χ0v) is 15.9. The van der Waals surface area contributed by atoms with E-state index in [4.69, 9.17) is 18.6 Å². The van der Waals surface area contributed by atoms with Gasteiger partial charge in [0.1, 0.15) is 18.1 Å². The summed E-state index contributed by atoms with van der Waals surface area (Å²) in [6, 6.07) is 11.7. The van der Waals surface area contributed by atoms with Crippen molar-refractivity contribution in [1.29, 1.82) is 0 Å². The number of nitrogens with zero attached hydrogens (tertiary/aromatic N) is 1. The van der Waals surface area contributed by atoms with Crippen molar-refractivity contribution < 1.29 is 23.7 Å². The average molecular weight is 375 g/mol. The summed E-state index contributed by atoms with van der Waals surface area (Å²) in [5, 5.41) is 10.4. The summed E-state index contributed by atoms with van der Waals surface area (Å²) in [4.78, 5) is 2.23. The number of hydrogen-bond acceptors (Lipinski definition) is 6. The highest BCUT2D eigenvalue weighted by Crippen LogP contribution is 2.17. The third-order valence-corrected chi connectivity index (χ3v) is 4.65. The highest BCUT2D eigenvalue weighted by molar-refractivity contribution is 5.27. The quantitative estimate of drug-likeness (QED) is 0.652. The highest BCUT2D eigenvalue weighted by Gasteiger charge is 2.21. The van der Waals surface area contributed by atoms with Crippen LogP contribution in [0, 0.1) is 0 Å². The first-order valence-electron chi connectivity index (χ1n) is 9.48. The largest absolute Gasteiger partial charge is 0.497 e. The maximum absolute atomic E-state index is 10.4. The van der Waals surface area contributed by atoms with Crippen molar-refractivity contribution in [1.82, 2.24) is 4.90 Å². The Balaban J connectivity index is 1.51. The molecule has 6 nitrogen and oxygen atoms in total. The number of methoxy groups -OCH3 is 1. The summed E-state index contributed by atoms with van der Waals surface area (Å²) in [5.41, 5.74) is 1.18. The van der Waals surface area contributed by atoms with Crippen molar-refractivity contribution in [2.75, 3.05) is 33.4 Å². The standard InChI is InChI=1S/C21H29NO5/c1-24-19-8-6-17(7-9-19)12-22(14-20-4-2-10-26-20)13-18(23)15-25-16-21-5-3-11-27-21/h3,5-9,11,18,20,23H,2,4,10,12-16H2,1H3. The fourth-order valence-electron chi connectivity index (χ4n) is 3.31. The smallest absolute Gasteiger partial charge is 0.129 e. The fourth-order valence-corrected chi connectivity index (χ4v) is 3.31. The average Bonchev–Trinajstić information content (AvgIpc) is 3.36. The normalized spacial score (nSPS) is 18.1. The van der Waals surface area contributed by atoms with Crippen LogP contribution in [-0.2, 0) is 22.6 Å². The third kappa shape index (κ3) is 6.66. The first-order valence-corrected chi connectivity index (χ1v) is 9.48. The van der Waals surface area contributed by atoms with Crippen LogP contribution in [-0.4, -0.2) is 55.6 Å². The number of benzene rings is 1. The number of aliphatic hydroxyl groups excluding tert-OH is 1. The van der Waals surface area contributed by atoms with Crippen molar-refractivity contribution in [2.45, 2.75) is 38.2 Å². The second-order valence-corrected chi connectivity index (χ2v) is 6.93. The van der Waals surface area contributed by atoms with Crippen LogP contribution in [0.3, 0.4) is 0 Å². The molecule has 148 valence electrons. The fraction of sp³-hybridized carbons (Fsp3) is 0.524. The van der Waals surface area contributed by atoms with Crippen molar-refractivity contribution in [3.8, 4) is 5.75 Å². The first-order chi connectivity index (χ1) is 13.2. The molecule has 0 radical (unpaired) electrons. The van der Waals surface area contributed by atoms with Crippen LogP contribution in [0.2, 0.25) is 0 Å². The van der Waals surface area contributed by atoms with Gasteiger partial charge in [-0.2, -0.15) is 0 Å². The van der Waals surface area contributed by atoms with Gasteiger partial charge in [0.25, 0.3) is 0 Å². The van der Waals surface area contributed by atoms with Crippen molar-refractivity contribution in [3.63, 3.8) is 0 Å². The van der Waals surface area contributed by atoms with Gasteiger partial charge >= 0.3 is 0 Å². The molecule has 1 aromatic carbocycles. The number of hydrogen-bond donors (Lipinski definition) is 1. The molecule has 0 amide bonds. The Bertz CT molecular complexity index is 637. The Morgan fingerprint density at radius 2 is 2.11 bits per heavy atom. The van der Waals surface area contributed by atoms with Crippen LogP contribution in [0.1, 0.15) is 24.2 Å². The summed E-state index contributed by atoms with van der Waals surface area (Å²) in [5.74, 6) is 1.60. The topological polar surface area (TPSA) is 64.3 Å². The van der Waals surface area contributed by atoms with Gasteiger partial charge in [-0.15, -0.1) is 0 Å². The Morgan fingerprint density at radius 3 is 2.78 bits per heavy atom. The Hall–Kier alpha value is -1.86. The molecular weight excluding hydrogens is 346 g/mol. The van der Waals surface area contributed by atoms with E-state index in [1.54, 1.807) is 13.4 Å². The summed E-state index contributed by atoms with van der Waals surface area (Å²) >= 11 is 0. The van der Waals surface area contributed by atoms with Crippen LogP contribution in [0.15, 0.2) is 47.1 Å².